The summed E-state index contributed by atoms with van der Waals surface area (Å²) in [6.45, 7) is 2.03. The first-order valence-corrected chi connectivity index (χ1v) is 10.3. The first-order chi connectivity index (χ1) is 14.0. The Morgan fingerprint density at radius 2 is 2.14 bits per heavy atom. The summed E-state index contributed by atoms with van der Waals surface area (Å²) in [7, 11) is 0. The second kappa shape index (κ2) is 9.47. The van der Waals surface area contributed by atoms with E-state index in [2.05, 4.69) is 20.5 Å². The number of nitrogens with two attached hydrogens (primary N) is 1. The van der Waals surface area contributed by atoms with Crippen LogP contribution in [0.25, 0.3) is 11.4 Å². The van der Waals surface area contributed by atoms with Gasteiger partial charge in [0, 0.05) is 5.38 Å². The molecule has 0 spiro atoms. The van der Waals surface area contributed by atoms with E-state index < -0.39 is 5.82 Å². The lowest BCUT2D eigenvalue weighted by molar-refractivity contribution is -0.142. The van der Waals surface area contributed by atoms with Crippen LogP contribution in [0.1, 0.15) is 12.6 Å². The standard InChI is InChI=1S/C17H17FN6O3S2/c1-2-27-14(26)7-10-8-28-16(20-10)21-13(25)9-29-17-23-22-15(24(17)19)11-5-3-4-6-12(11)18/h3-6,8H,2,7,9,19H2,1H3,(H,20,21,25). The van der Waals surface area contributed by atoms with Crippen molar-refractivity contribution in [3.63, 3.8) is 0 Å². The quantitative estimate of drug-likeness (QED) is 0.312. The van der Waals surface area contributed by atoms with Crippen molar-refractivity contribution in [3.8, 4) is 11.4 Å². The molecular formula is C17H17FN6O3S2. The molecule has 0 fully saturated rings. The second-order valence-electron chi connectivity index (χ2n) is 5.62. The Hall–Kier alpha value is -2.99. The molecule has 2 aromatic heterocycles. The number of thiazole rings is 1. The number of nitrogens with zero attached hydrogens (tertiary/aromatic N) is 4. The maximum Gasteiger partial charge on any atom is 0.311 e. The molecule has 0 radical (unpaired) electrons. The van der Waals surface area contributed by atoms with Crippen LogP contribution in [-0.4, -0.2) is 44.1 Å². The third kappa shape index (κ3) is 5.29. The highest BCUT2D eigenvalue weighted by atomic mass is 32.2. The summed E-state index contributed by atoms with van der Waals surface area (Å²) in [5.41, 5.74) is 0.739. The number of halogens is 1. The topological polar surface area (TPSA) is 125 Å². The van der Waals surface area contributed by atoms with Gasteiger partial charge >= 0.3 is 5.97 Å². The first-order valence-electron chi connectivity index (χ1n) is 8.46. The first kappa shape index (κ1) is 20.7. The van der Waals surface area contributed by atoms with Crippen LogP contribution in [0.2, 0.25) is 0 Å². The molecule has 9 nitrogen and oxygen atoms in total. The lowest BCUT2D eigenvalue weighted by Gasteiger charge is -2.04. The van der Waals surface area contributed by atoms with Gasteiger partial charge in [0.25, 0.3) is 0 Å². The predicted molar refractivity (Wildman–Crippen MR) is 107 cm³/mol. The van der Waals surface area contributed by atoms with E-state index in [9.17, 15) is 14.0 Å². The number of rotatable bonds is 8. The Labute approximate surface area is 173 Å². The summed E-state index contributed by atoms with van der Waals surface area (Å²) < 4.78 is 19.9. The molecule has 1 aromatic carbocycles. The average Bonchev–Trinajstić information content (AvgIpc) is 3.27. The molecule has 29 heavy (non-hydrogen) atoms. The van der Waals surface area contributed by atoms with Crippen molar-refractivity contribution in [3.05, 3.63) is 41.2 Å². The van der Waals surface area contributed by atoms with Crippen molar-refractivity contribution < 1.29 is 18.7 Å². The number of hydrogen-bond donors (Lipinski definition) is 2. The van der Waals surface area contributed by atoms with E-state index in [0.29, 0.717) is 17.4 Å². The van der Waals surface area contributed by atoms with Gasteiger partial charge in [-0.25, -0.2) is 14.1 Å². The zero-order valence-electron chi connectivity index (χ0n) is 15.3. The van der Waals surface area contributed by atoms with Gasteiger partial charge < -0.3 is 15.9 Å². The summed E-state index contributed by atoms with van der Waals surface area (Å²) in [4.78, 5) is 27.8. The fourth-order valence-electron chi connectivity index (χ4n) is 2.29. The van der Waals surface area contributed by atoms with E-state index in [4.69, 9.17) is 10.6 Å². The number of anilines is 1. The molecule has 12 heteroatoms. The molecule has 0 aliphatic heterocycles. The molecule has 0 saturated carbocycles. The highest BCUT2D eigenvalue weighted by molar-refractivity contribution is 7.99. The molecule has 1 amide bonds. The zero-order chi connectivity index (χ0) is 20.8. The summed E-state index contributed by atoms with van der Waals surface area (Å²) >= 11 is 2.26. The van der Waals surface area contributed by atoms with Gasteiger partial charge in [0.05, 0.1) is 30.0 Å². The van der Waals surface area contributed by atoms with Crippen LogP contribution in [0.5, 0.6) is 0 Å². The smallest absolute Gasteiger partial charge is 0.311 e. The molecule has 3 aromatic rings. The van der Waals surface area contributed by atoms with E-state index in [1.807, 2.05) is 0 Å². The highest BCUT2D eigenvalue weighted by Crippen LogP contribution is 2.24. The van der Waals surface area contributed by atoms with Crippen LogP contribution in [0.4, 0.5) is 9.52 Å². The molecule has 0 bridgehead atoms. The predicted octanol–water partition coefficient (Wildman–Crippen LogP) is 2.09. The van der Waals surface area contributed by atoms with Crippen LogP contribution in [0.15, 0.2) is 34.8 Å². The number of hydrogen-bond acceptors (Lipinski definition) is 9. The van der Waals surface area contributed by atoms with Crippen molar-refractivity contribution >= 4 is 40.1 Å². The number of nitrogens with one attached hydrogen (secondary N) is 1. The van der Waals surface area contributed by atoms with E-state index in [0.717, 1.165) is 16.4 Å². The summed E-state index contributed by atoms with van der Waals surface area (Å²) in [6, 6.07) is 6.07. The maximum absolute atomic E-state index is 13.9. The molecule has 0 atom stereocenters. The SMILES string of the molecule is CCOC(=O)Cc1csc(NC(=O)CSc2nnc(-c3ccccc3F)n2N)n1. The minimum absolute atomic E-state index is 0.000600. The molecule has 2 heterocycles. The molecule has 152 valence electrons. The molecule has 3 rings (SSSR count). The number of nitrogen functional groups attached to an aromatic ring is 1. The molecule has 0 saturated heterocycles. The Morgan fingerprint density at radius 3 is 2.90 bits per heavy atom. The van der Waals surface area contributed by atoms with Gasteiger partial charge in [0.1, 0.15) is 5.82 Å². The van der Waals surface area contributed by atoms with Crippen LogP contribution >= 0.6 is 23.1 Å². The van der Waals surface area contributed by atoms with Gasteiger partial charge in [0.2, 0.25) is 11.1 Å². The zero-order valence-corrected chi connectivity index (χ0v) is 16.9. The third-order valence-corrected chi connectivity index (χ3v) is 5.29. The normalized spacial score (nSPS) is 10.7. The van der Waals surface area contributed by atoms with Gasteiger partial charge in [-0.15, -0.1) is 21.5 Å². The number of thioether (sulfide) groups is 1. The van der Waals surface area contributed by atoms with Gasteiger partial charge in [-0.3, -0.25) is 9.59 Å². The van der Waals surface area contributed by atoms with Gasteiger partial charge in [-0.1, -0.05) is 23.9 Å². The Kier molecular flexibility index (Phi) is 6.77. The van der Waals surface area contributed by atoms with Crippen LogP contribution in [0, 0.1) is 5.82 Å². The van der Waals surface area contributed by atoms with Crippen molar-refractivity contribution in [2.24, 2.45) is 0 Å². The number of benzene rings is 1. The monoisotopic (exact) mass is 436 g/mol. The second-order valence-corrected chi connectivity index (χ2v) is 7.42. The van der Waals surface area contributed by atoms with Crippen molar-refractivity contribution in [2.75, 3.05) is 23.5 Å². The number of aromatic nitrogens is 4. The summed E-state index contributed by atoms with van der Waals surface area (Å²) in [5.74, 6) is 4.92. The van der Waals surface area contributed by atoms with E-state index >= 15 is 0 Å². The number of carbonyl (C=O) groups is 2. The van der Waals surface area contributed by atoms with Crippen molar-refractivity contribution in [1.82, 2.24) is 19.9 Å². The lowest BCUT2D eigenvalue weighted by atomic mass is 10.2. The number of esters is 1. The van der Waals surface area contributed by atoms with E-state index in [1.54, 1.807) is 30.5 Å². The van der Waals surface area contributed by atoms with Gasteiger partial charge in [0.15, 0.2) is 11.0 Å². The van der Waals surface area contributed by atoms with E-state index in [1.165, 1.54) is 17.4 Å². The van der Waals surface area contributed by atoms with Gasteiger partial charge in [-0.05, 0) is 19.1 Å². The average molecular weight is 436 g/mol. The summed E-state index contributed by atoms with van der Waals surface area (Å²) in [5, 5.41) is 12.8. The Balaban J connectivity index is 1.56. The minimum atomic E-state index is -0.469. The maximum atomic E-state index is 13.9. The minimum Gasteiger partial charge on any atom is -0.466 e. The molecular weight excluding hydrogens is 419 g/mol. The fraction of sp³-hybridized carbons (Fsp3) is 0.235. The molecule has 0 unspecified atom stereocenters. The third-order valence-electron chi connectivity index (χ3n) is 3.54. The van der Waals surface area contributed by atoms with E-state index in [-0.39, 0.29) is 40.6 Å². The number of carbonyl (C=O) groups excluding carboxylic acids is 2. The highest BCUT2D eigenvalue weighted by Gasteiger charge is 2.17. The number of amides is 1. The van der Waals surface area contributed by atoms with Crippen LogP contribution in [-0.2, 0) is 20.7 Å². The Morgan fingerprint density at radius 1 is 1.34 bits per heavy atom. The van der Waals surface area contributed by atoms with Crippen LogP contribution < -0.4 is 11.2 Å². The molecule has 0 aliphatic rings. The fourth-order valence-corrected chi connectivity index (χ4v) is 3.68. The summed E-state index contributed by atoms with van der Waals surface area (Å²) in [6.07, 6.45) is 0.0457. The van der Waals surface area contributed by atoms with Crippen molar-refractivity contribution in [1.29, 1.82) is 0 Å². The van der Waals surface area contributed by atoms with Crippen molar-refractivity contribution in [2.45, 2.75) is 18.5 Å². The molecule has 3 N–H and O–H groups in total. The lowest BCUT2D eigenvalue weighted by Crippen LogP contribution is -2.16. The van der Waals surface area contributed by atoms with Gasteiger partial charge in [-0.2, -0.15) is 0 Å². The van der Waals surface area contributed by atoms with Crippen LogP contribution in [0.3, 0.4) is 0 Å². The largest absolute Gasteiger partial charge is 0.466 e. The number of ether oxygens (including phenoxy) is 1. The Bertz CT molecular complexity index is 1020. The molecule has 0 aliphatic carbocycles.